The topological polar surface area (TPSA) is 99.8 Å². The van der Waals surface area contributed by atoms with Gasteiger partial charge in [0.15, 0.2) is 0 Å². The number of amidine groups is 1. The molecule has 0 unspecified atom stereocenters. The minimum atomic E-state index is -0.710. The molecule has 0 saturated carbocycles. The fourth-order valence-electron chi connectivity index (χ4n) is 3.04. The molecule has 1 aromatic heterocycles. The maximum atomic E-state index is 14.5. The van der Waals surface area contributed by atoms with Crippen molar-refractivity contribution in [3.05, 3.63) is 77.6 Å². The smallest absolute Gasteiger partial charge is 0.295 e. The summed E-state index contributed by atoms with van der Waals surface area (Å²) in [5.41, 5.74) is 0.797. The Morgan fingerprint density at radius 2 is 1.77 bits per heavy atom. The van der Waals surface area contributed by atoms with Crippen LogP contribution in [-0.2, 0) is 0 Å². The second kappa shape index (κ2) is 7.90. The third kappa shape index (κ3) is 3.95. The van der Waals surface area contributed by atoms with Crippen LogP contribution >= 0.6 is 0 Å². The van der Waals surface area contributed by atoms with Gasteiger partial charge in [0, 0.05) is 19.7 Å². The van der Waals surface area contributed by atoms with Crippen molar-refractivity contribution in [2.75, 3.05) is 19.4 Å². The van der Waals surface area contributed by atoms with E-state index in [1.807, 2.05) is 0 Å². The summed E-state index contributed by atoms with van der Waals surface area (Å²) in [6.45, 7) is 0. The minimum Gasteiger partial charge on any atom is -0.363 e. The number of fused-ring (bicyclic) bond motifs is 1. The van der Waals surface area contributed by atoms with Crippen LogP contribution in [0.2, 0.25) is 0 Å². The van der Waals surface area contributed by atoms with E-state index in [1.54, 1.807) is 43.3 Å². The molecule has 0 radical (unpaired) electrons. The molecule has 31 heavy (non-hydrogen) atoms. The summed E-state index contributed by atoms with van der Waals surface area (Å²) in [7, 11) is 3.36. The Morgan fingerprint density at radius 1 is 1.03 bits per heavy atom. The van der Waals surface area contributed by atoms with Crippen molar-refractivity contribution in [2.45, 2.75) is 0 Å². The number of nitrogens with one attached hydrogen (secondary N) is 2. The highest BCUT2D eigenvalue weighted by Gasteiger charge is 2.19. The normalized spacial score (nSPS) is 10.8. The predicted molar refractivity (Wildman–Crippen MR) is 111 cm³/mol. The molecular formula is C21H17F2N7O. The van der Waals surface area contributed by atoms with Gasteiger partial charge in [-0.05, 0) is 63.7 Å². The molecule has 4 aromatic rings. The lowest BCUT2D eigenvalue weighted by molar-refractivity contribution is 0.101. The van der Waals surface area contributed by atoms with E-state index in [4.69, 9.17) is 5.41 Å². The highest BCUT2D eigenvalue weighted by Crippen LogP contribution is 2.21. The van der Waals surface area contributed by atoms with Gasteiger partial charge in [0.2, 0.25) is 5.82 Å². The Kier molecular flexibility index (Phi) is 5.12. The zero-order chi connectivity index (χ0) is 22.1. The van der Waals surface area contributed by atoms with Crippen LogP contribution in [0.5, 0.6) is 0 Å². The summed E-state index contributed by atoms with van der Waals surface area (Å²) in [5, 5.41) is 22.9. The van der Waals surface area contributed by atoms with Crippen molar-refractivity contribution < 1.29 is 13.6 Å². The van der Waals surface area contributed by atoms with Gasteiger partial charge in [0.05, 0.1) is 11.4 Å². The van der Waals surface area contributed by atoms with E-state index >= 15 is 0 Å². The lowest BCUT2D eigenvalue weighted by Crippen LogP contribution is -2.22. The molecule has 10 heteroatoms. The van der Waals surface area contributed by atoms with Crippen molar-refractivity contribution >= 4 is 28.2 Å². The first-order valence-corrected chi connectivity index (χ1v) is 9.19. The zero-order valence-electron chi connectivity index (χ0n) is 16.6. The summed E-state index contributed by atoms with van der Waals surface area (Å²) in [5.74, 6) is -1.76. The fraction of sp³-hybridized carbons (Fsp3) is 0.0952. The van der Waals surface area contributed by atoms with Crippen LogP contribution in [0.4, 0.5) is 14.5 Å². The van der Waals surface area contributed by atoms with Gasteiger partial charge in [-0.25, -0.2) is 8.78 Å². The molecule has 2 N–H and O–H groups in total. The van der Waals surface area contributed by atoms with E-state index in [0.29, 0.717) is 16.6 Å². The average molecular weight is 421 g/mol. The first-order valence-electron chi connectivity index (χ1n) is 9.19. The lowest BCUT2D eigenvalue weighted by atomic mass is 10.1. The molecule has 0 aliphatic heterocycles. The summed E-state index contributed by atoms with van der Waals surface area (Å²) in [4.78, 5) is 14.3. The van der Waals surface area contributed by atoms with Crippen LogP contribution in [0.3, 0.4) is 0 Å². The van der Waals surface area contributed by atoms with E-state index < -0.39 is 11.7 Å². The van der Waals surface area contributed by atoms with E-state index in [0.717, 1.165) is 5.39 Å². The predicted octanol–water partition coefficient (Wildman–Crippen LogP) is 3.23. The van der Waals surface area contributed by atoms with Crippen LogP contribution in [0.15, 0.2) is 54.6 Å². The number of hydrogen-bond donors (Lipinski definition) is 2. The van der Waals surface area contributed by atoms with Gasteiger partial charge < -0.3 is 10.2 Å². The molecule has 3 aromatic carbocycles. The number of nitrogens with zero attached hydrogens (tertiary/aromatic N) is 5. The van der Waals surface area contributed by atoms with Crippen LogP contribution in [-0.4, -0.2) is 50.9 Å². The molecule has 1 heterocycles. The second-order valence-electron chi connectivity index (χ2n) is 6.98. The van der Waals surface area contributed by atoms with Gasteiger partial charge in [0.25, 0.3) is 5.91 Å². The number of halogens is 2. The SMILES string of the molecule is CN(C)C(=N)c1ccc(NC(=O)c2nnnn2-c2ccc3cc(F)ccc3c2)c(F)c1. The highest BCUT2D eigenvalue weighted by atomic mass is 19.1. The van der Waals surface area contributed by atoms with Crippen LogP contribution < -0.4 is 5.32 Å². The summed E-state index contributed by atoms with van der Waals surface area (Å²) in [6, 6.07) is 13.5. The lowest BCUT2D eigenvalue weighted by Gasteiger charge is -2.14. The summed E-state index contributed by atoms with van der Waals surface area (Å²) in [6.07, 6.45) is 0. The molecular weight excluding hydrogens is 404 g/mol. The number of amides is 1. The van der Waals surface area contributed by atoms with Gasteiger partial charge in [-0.1, -0.05) is 12.1 Å². The van der Waals surface area contributed by atoms with E-state index in [9.17, 15) is 13.6 Å². The quantitative estimate of drug-likeness (QED) is 0.389. The molecule has 0 aliphatic rings. The molecule has 0 fully saturated rings. The molecule has 0 atom stereocenters. The number of rotatable bonds is 4. The molecule has 156 valence electrons. The van der Waals surface area contributed by atoms with Gasteiger partial charge in [-0.2, -0.15) is 4.68 Å². The molecule has 0 bridgehead atoms. The van der Waals surface area contributed by atoms with E-state index in [2.05, 4.69) is 20.8 Å². The molecule has 0 spiro atoms. The Labute approximate surface area is 175 Å². The first kappa shape index (κ1) is 20.1. The largest absolute Gasteiger partial charge is 0.363 e. The molecule has 8 nitrogen and oxygen atoms in total. The highest BCUT2D eigenvalue weighted by molar-refractivity contribution is 6.03. The molecule has 0 saturated heterocycles. The standard InChI is InChI=1S/C21H17F2N7O/c1-29(2)19(24)14-5-8-18(17(23)11-14)25-21(31)20-26-27-28-30(20)16-7-4-12-9-15(22)6-3-13(12)10-16/h3-11,24H,1-2H3,(H,25,31). The van der Waals surface area contributed by atoms with Crippen molar-refractivity contribution in [3.63, 3.8) is 0 Å². The Morgan fingerprint density at radius 3 is 2.52 bits per heavy atom. The van der Waals surface area contributed by atoms with Gasteiger partial charge in [-0.3, -0.25) is 10.2 Å². The number of anilines is 1. The first-order chi connectivity index (χ1) is 14.8. The van der Waals surface area contributed by atoms with Crippen molar-refractivity contribution in [3.8, 4) is 5.69 Å². The third-order valence-electron chi connectivity index (χ3n) is 4.64. The second-order valence-corrected chi connectivity index (χ2v) is 6.98. The maximum Gasteiger partial charge on any atom is 0.295 e. The number of benzene rings is 3. The number of carbonyl (C=O) groups excluding carboxylic acids is 1. The van der Waals surface area contributed by atoms with Crippen molar-refractivity contribution in [1.29, 1.82) is 5.41 Å². The van der Waals surface area contributed by atoms with Crippen molar-refractivity contribution in [2.24, 2.45) is 0 Å². The van der Waals surface area contributed by atoms with Crippen LogP contribution in [0.25, 0.3) is 16.5 Å². The Hall–Kier alpha value is -4.21. The summed E-state index contributed by atoms with van der Waals surface area (Å²) < 4.78 is 29.1. The van der Waals surface area contributed by atoms with E-state index in [-0.39, 0.29) is 23.2 Å². The minimum absolute atomic E-state index is 0.0659. The number of tetrazole rings is 1. The average Bonchev–Trinajstić information content (AvgIpc) is 3.24. The molecule has 0 aliphatic carbocycles. The van der Waals surface area contributed by atoms with Crippen LogP contribution in [0, 0.1) is 17.0 Å². The zero-order valence-corrected chi connectivity index (χ0v) is 16.6. The third-order valence-corrected chi connectivity index (χ3v) is 4.64. The Bertz CT molecular complexity index is 1320. The monoisotopic (exact) mass is 421 g/mol. The Balaban J connectivity index is 1.61. The van der Waals surface area contributed by atoms with Gasteiger partial charge >= 0.3 is 0 Å². The van der Waals surface area contributed by atoms with Gasteiger partial charge in [-0.15, -0.1) is 5.10 Å². The van der Waals surface area contributed by atoms with Crippen LogP contribution in [0.1, 0.15) is 16.2 Å². The van der Waals surface area contributed by atoms with Gasteiger partial charge in [0.1, 0.15) is 17.5 Å². The summed E-state index contributed by atoms with van der Waals surface area (Å²) >= 11 is 0. The number of aromatic nitrogens is 4. The maximum absolute atomic E-state index is 14.5. The number of hydrogen-bond acceptors (Lipinski definition) is 5. The fourth-order valence-corrected chi connectivity index (χ4v) is 3.04. The number of carbonyl (C=O) groups is 1. The van der Waals surface area contributed by atoms with E-state index in [1.165, 1.54) is 35.0 Å². The molecule has 4 rings (SSSR count). The molecule has 1 amide bonds. The van der Waals surface area contributed by atoms with Crippen molar-refractivity contribution in [1.82, 2.24) is 25.1 Å².